The van der Waals surface area contributed by atoms with Gasteiger partial charge < -0.3 is 4.74 Å². The van der Waals surface area contributed by atoms with E-state index < -0.39 is 0 Å². The number of halogens is 3. The van der Waals surface area contributed by atoms with E-state index in [4.69, 9.17) is 21.4 Å². The van der Waals surface area contributed by atoms with E-state index >= 15 is 0 Å². The fraction of sp³-hybridized carbons (Fsp3) is 0.269. The van der Waals surface area contributed by atoms with E-state index in [9.17, 15) is 0 Å². The van der Waals surface area contributed by atoms with Crippen molar-refractivity contribution in [2.75, 3.05) is 0 Å². The highest BCUT2D eigenvalue weighted by molar-refractivity contribution is 9.11. The van der Waals surface area contributed by atoms with Gasteiger partial charge in [0.05, 0.1) is 16.2 Å². The first kappa shape index (κ1) is 22.0. The molecule has 2 atom stereocenters. The minimum Gasteiger partial charge on any atom is -0.463 e. The molecule has 0 fully saturated rings. The highest BCUT2D eigenvalue weighted by Crippen LogP contribution is 2.51. The minimum atomic E-state index is -0.302. The lowest BCUT2D eigenvalue weighted by atomic mass is 9.86. The number of hydrogen-bond donors (Lipinski definition) is 0. The van der Waals surface area contributed by atoms with Crippen LogP contribution in [0.5, 0.6) is 5.75 Å². The first-order valence-corrected chi connectivity index (χ1v) is 12.5. The molecule has 0 unspecified atom stereocenters. The summed E-state index contributed by atoms with van der Waals surface area (Å²) < 4.78 is 8.53. The van der Waals surface area contributed by atoms with Gasteiger partial charge in [-0.15, -0.1) is 0 Å². The molecular formula is C26H23Br2ClN2O. The number of fused-ring (bicyclic) bond motifs is 3. The molecule has 2 aliphatic rings. The van der Waals surface area contributed by atoms with E-state index in [-0.39, 0.29) is 17.7 Å². The lowest BCUT2D eigenvalue weighted by molar-refractivity contribution is -0.0197. The molecule has 0 amide bonds. The van der Waals surface area contributed by atoms with Crippen LogP contribution in [0, 0.1) is 0 Å². The molecule has 0 aromatic heterocycles. The zero-order valence-corrected chi connectivity index (χ0v) is 22.0. The zero-order chi connectivity index (χ0) is 22.6. The molecule has 0 aliphatic carbocycles. The smallest absolute Gasteiger partial charge is 0.213 e. The summed E-state index contributed by atoms with van der Waals surface area (Å²) in [7, 11) is 0. The van der Waals surface area contributed by atoms with Crippen LogP contribution in [0.4, 0.5) is 0 Å². The highest BCUT2D eigenvalue weighted by Gasteiger charge is 2.42. The van der Waals surface area contributed by atoms with Gasteiger partial charge in [-0.2, -0.15) is 5.10 Å². The summed E-state index contributed by atoms with van der Waals surface area (Å²) in [6.07, 6.45) is 0.501. The Morgan fingerprint density at radius 3 is 2.34 bits per heavy atom. The van der Waals surface area contributed by atoms with Crippen molar-refractivity contribution in [1.29, 1.82) is 0 Å². The second kappa shape index (κ2) is 8.19. The second-order valence-electron chi connectivity index (χ2n) is 9.30. The third-order valence-electron chi connectivity index (χ3n) is 6.05. The van der Waals surface area contributed by atoms with Crippen LogP contribution in [0.25, 0.3) is 0 Å². The molecule has 164 valence electrons. The van der Waals surface area contributed by atoms with Gasteiger partial charge in [0.1, 0.15) is 5.75 Å². The summed E-state index contributed by atoms with van der Waals surface area (Å²) in [6, 6.07) is 20.9. The Morgan fingerprint density at radius 2 is 1.69 bits per heavy atom. The van der Waals surface area contributed by atoms with E-state index in [0.717, 1.165) is 48.5 Å². The molecule has 2 aliphatic heterocycles. The van der Waals surface area contributed by atoms with Crippen molar-refractivity contribution >= 4 is 49.2 Å². The van der Waals surface area contributed by atoms with Crippen molar-refractivity contribution in [3.63, 3.8) is 0 Å². The molecular weight excluding hydrogens is 552 g/mol. The first-order valence-electron chi connectivity index (χ1n) is 10.6. The summed E-state index contributed by atoms with van der Waals surface area (Å²) in [4.78, 5) is 0. The third-order valence-corrected chi connectivity index (χ3v) is 7.35. The number of ether oxygens (including phenoxy) is 1. The molecule has 0 spiro atoms. The van der Waals surface area contributed by atoms with E-state index in [1.807, 2.05) is 30.3 Å². The molecule has 0 saturated carbocycles. The van der Waals surface area contributed by atoms with Crippen molar-refractivity contribution in [1.82, 2.24) is 5.01 Å². The second-order valence-corrected chi connectivity index (χ2v) is 11.5. The standard InChI is InChI=1S/C26H23Br2ClN2O/c1-26(2,3)17-8-4-16(5-9-17)25-31-23(20-12-18(27)13-21(28)24(20)32-25)14-22(30-31)15-6-10-19(29)11-7-15/h4-13,23,25H,14H2,1-3H3/t23-,25-/m1/s1. The van der Waals surface area contributed by atoms with Crippen LogP contribution < -0.4 is 4.74 Å². The maximum atomic E-state index is 6.58. The number of benzene rings is 3. The van der Waals surface area contributed by atoms with Gasteiger partial charge in [0.2, 0.25) is 6.23 Å². The van der Waals surface area contributed by atoms with Crippen LogP contribution in [0.3, 0.4) is 0 Å². The van der Waals surface area contributed by atoms with E-state index in [1.165, 1.54) is 5.56 Å². The third kappa shape index (κ3) is 4.00. The SMILES string of the molecule is CC(C)(C)c1ccc([C@H]2Oc3c(Br)cc(Br)cc3[C@H]3CC(c4ccc(Cl)cc4)=NN32)cc1. The van der Waals surface area contributed by atoms with Crippen molar-refractivity contribution in [3.05, 3.63) is 96.9 Å². The van der Waals surface area contributed by atoms with E-state index in [0.29, 0.717) is 0 Å². The van der Waals surface area contributed by atoms with Gasteiger partial charge in [-0.1, -0.05) is 84.7 Å². The largest absolute Gasteiger partial charge is 0.463 e. The quantitative estimate of drug-likeness (QED) is 0.307. The number of hydrazone groups is 1. The van der Waals surface area contributed by atoms with Crippen molar-refractivity contribution < 1.29 is 4.74 Å². The van der Waals surface area contributed by atoms with Gasteiger partial charge in [-0.25, -0.2) is 5.01 Å². The molecule has 32 heavy (non-hydrogen) atoms. The van der Waals surface area contributed by atoms with Crippen molar-refractivity contribution in [3.8, 4) is 5.75 Å². The predicted molar refractivity (Wildman–Crippen MR) is 138 cm³/mol. The fourth-order valence-electron chi connectivity index (χ4n) is 4.30. The summed E-state index contributed by atoms with van der Waals surface area (Å²) in [5.74, 6) is 0.881. The van der Waals surface area contributed by atoms with Gasteiger partial charge in [0.15, 0.2) is 0 Å². The normalized spacial score (nSPS) is 19.8. The van der Waals surface area contributed by atoms with Crippen LogP contribution in [0.2, 0.25) is 5.02 Å². The molecule has 3 aromatic carbocycles. The molecule has 2 heterocycles. The zero-order valence-electron chi connectivity index (χ0n) is 18.1. The van der Waals surface area contributed by atoms with Gasteiger partial charge >= 0.3 is 0 Å². The highest BCUT2D eigenvalue weighted by atomic mass is 79.9. The Hall–Kier alpha value is -1.82. The van der Waals surface area contributed by atoms with Crippen LogP contribution in [-0.4, -0.2) is 10.7 Å². The summed E-state index contributed by atoms with van der Waals surface area (Å²) in [5.41, 5.74) is 5.73. The maximum Gasteiger partial charge on any atom is 0.213 e. The summed E-state index contributed by atoms with van der Waals surface area (Å²) >= 11 is 13.5. The summed E-state index contributed by atoms with van der Waals surface area (Å²) in [6.45, 7) is 6.68. The molecule has 0 radical (unpaired) electrons. The lowest BCUT2D eigenvalue weighted by Crippen LogP contribution is -2.34. The number of hydrogen-bond acceptors (Lipinski definition) is 3. The van der Waals surface area contributed by atoms with Gasteiger partial charge in [-0.3, -0.25) is 0 Å². The fourth-order valence-corrected chi connectivity index (χ4v) is 5.78. The van der Waals surface area contributed by atoms with E-state index in [1.54, 1.807) is 0 Å². The molecule has 0 bridgehead atoms. The van der Waals surface area contributed by atoms with Crippen LogP contribution in [0.15, 0.2) is 74.7 Å². The molecule has 0 N–H and O–H groups in total. The molecule has 0 saturated heterocycles. The summed E-state index contributed by atoms with van der Waals surface area (Å²) in [5, 5.41) is 7.88. The van der Waals surface area contributed by atoms with E-state index in [2.05, 4.69) is 88.0 Å². The van der Waals surface area contributed by atoms with Crippen molar-refractivity contribution in [2.45, 2.75) is 44.9 Å². The van der Waals surface area contributed by atoms with Gasteiger partial charge in [0.25, 0.3) is 0 Å². The minimum absolute atomic E-state index is 0.0884. The first-order chi connectivity index (χ1) is 15.2. The van der Waals surface area contributed by atoms with Crippen LogP contribution in [0.1, 0.15) is 61.7 Å². The Kier molecular flexibility index (Phi) is 5.63. The molecule has 5 rings (SSSR count). The van der Waals surface area contributed by atoms with Crippen molar-refractivity contribution in [2.24, 2.45) is 5.10 Å². The Balaban J connectivity index is 1.59. The topological polar surface area (TPSA) is 24.8 Å². The van der Waals surface area contributed by atoms with Gasteiger partial charge in [-0.05, 0) is 56.7 Å². The molecule has 6 heteroatoms. The predicted octanol–water partition coefficient (Wildman–Crippen LogP) is 8.40. The number of nitrogens with zero attached hydrogens (tertiary/aromatic N) is 2. The lowest BCUT2D eigenvalue weighted by Gasteiger charge is -2.39. The van der Waals surface area contributed by atoms with Gasteiger partial charge in [0, 0.05) is 27.0 Å². The Labute approximate surface area is 210 Å². The molecule has 3 nitrogen and oxygen atoms in total. The van der Waals surface area contributed by atoms with Crippen LogP contribution in [-0.2, 0) is 5.41 Å². The Morgan fingerprint density at radius 1 is 1.00 bits per heavy atom. The average Bonchev–Trinajstić information content (AvgIpc) is 3.19. The number of rotatable bonds is 2. The maximum absolute atomic E-state index is 6.58. The van der Waals surface area contributed by atoms with Crippen LogP contribution >= 0.6 is 43.5 Å². The average molecular weight is 575 g/mol. The monoisotopic (exact) mass is 572 g/mol. The molecule has 3 aromatic rings. The Bertz CT molecular complexity index is 1200.